The van der Waals surface area contributed by atoms with Gasteiger partial charge in [0.2, 0.25) is 5.54 Å². The molecule has 0 saturated carbocycles. The zero-order chi connectivity index (χ0) is 20.9. The Morgan fingerprint density at radius 1 is 0.893 bits per heavy atom. The maximum atomic E-state index is 14.0. The van der Waals surface area contributed by atoms with Crippen LogP contribution in [0.25, 0.3) is 0 Å². The summed E-state index contributed by atoms with van der Waals surface area (Å²) < 4.78 is 46.3. The van der Waals surface area contributed by atoms with Gasteiger partial charge >= 0.3 is 12.1 Å². The molecule has 2 N–H and O–H groups in total. The third-order valence-electron chi connectivity index (χ3n) is 4.18. The molecule has 0 radical (unpaired) electrons. The third-order valence-corrected chi connectivity index (χ3v) is 4.18. The Morgan fingerprint density at radius 2 is 1.29 bits per heavy atom. The van der Waals surface area contributed by atoms with Gasteiger partial charge in [0.1, 0.15) is 5.92 Å². The fourth-order valence-electron chi connectivity index (χ4n) is 2.72. The Morgan fingerprint density at radius 3 is 1.61 bits per heavy atom. The molecule has 2 aromatic carbocycles. The number of carbonyl (C=O) groups is 3. The number of carbonyl (C=O) groups excluding carboxylic acids is 3. The Hall–Kier alpha value is -3.00. The van der Waals surface area contributed by atoms with Crippen molar-refractivity contribution in [2.24, 2.45) is 11.7 Å². The molecule has 0 aliphatic carbocycles. The highest BCUT2D eigenvalue weighted by molar-refractivity contribution is 6.19. The average molecular weight is 393 g/mol. The highest BCUT2D eigenvalue weighted by Gasteiger charge is 2.67. The van der Waals surface area contributed by atoms with Crippen LogP contribution in [0.2, 0.25) is 0 Å². The molecule has 28 heavy (non-hydrogen) atoms. The van der Waals surface area contributed by atoms with Crippen LogP contribution >= 0.6 is 0 Å². The molecule has 8 heteroatoms. The van der Waals surface area contributed by atoms with Crippen molar-refractivity contribution in [3.8, 4) is 0 Å². The average Bonchev–Trinajstić information content (AvgIpc) is 2.68. The fourth-order valence-corrected chi connectivity index (χ4v) is 2.72. The van der Waals surface area contributed by atoms with Crippen molar-refractivity contribution in [3.05, 3.63) is 71.8 Å². The summed E-state index contributed by atoms with van der Waals surface area (Å²) in [5.41, 5.74) is 1.28. The van der Waals surface area contributed by atoms with Crippen LogP contribution in [0.4, 0.5) is 13.2 Å². The number of hydrogen-bond acceptors (Lipinski definition) is 5. The lowest BCUT2D eigenvalue weighted by Gasteiger charge is -2.35. The van der Waals surface area contributed by atoms with Gasteiger partial charge < -0.3 is 10.5 Å². The van der Waals surface area contributed by atoms with Crippen molar-refractivity contribution in [1.82, 2.24) is 0 Å². The molecule has 2 aromatic rings. The number of Topliss-reactive ketones (excluding diaryl/α,β-unsaturated/α-hetero) is 2. The van der Waals surface area contributed by atoms with E-state index in [-0.39, 0.29) is 11.1 Å². The molecule has 0 unspecified atom stereocenters. The van der Waals surface area contributed by atoms with Crippen LogP contribution in [0.3, 0.4) is 0 Å². The number of hydrogen-bond donors (Lipinski definition) is 1. The Bertz CT molecular complexity index is 801. The van der Waals surface area contributed by atoms with Crippen LogP contribution < -0.4 is 5.73 Å². The largest absolute Gasteiger partial charge is 0.464 e. The number of esters is 1. The molecule has 0 heterocycles. The summed E-state index contributed by atoms with van der Waals surface area (Å²) in [6, 6.07) is 13.8. The normalized spacial score (nSPS) is 13.6. The van der Waals surface area contributed by atoms with Crippen molar-refractivity contribution in [3.63, 3.8) is 0 Å². The topological polar surface area (TPSA) is 86.5 Å². The molecule has 5 nitrogen and oxygen atoms in total. The number of halogens is 3. The van der Waals surface area contributed by atoms with E-state index in [0.29, 0.717) is 0 Å². The highest BCUT2D eigenvalue weighted by Crippen LogP contribution is 2.39. The summed E-state index contributed by atoms with van der Waals surface area (Å²) in [7, 11) is 0. The van der Waals surface area contributed by atoms with Crippen LogP contribution in [0.1, 0.15) is 27.6 Å². The van der Waals surface area contributed by atoms with Gasteiger partial charge in [0.05, 0.1) is 6.61 Å². The molecule has 0 bridgehead atoms. The smallest absolute Gasteiger partial charge is 0.418 e. The van der Waals surface area contributed by atoms with Gasteiger partial charge in [-0.05, 0) is 6.92 Å². The van der Waals surface area contributed by atoms with E-state index >= 15 is 0 Å². The monoisotopic (exact) mass is 393 g/mol. The summed E-state index contributed by atoms with van der Waals surface area (Å²) in [6.07, 6.45) is -5.42. The molecular weight excluding hydrogens is 375 g/mol. The second-order valence-corrected chi connectivity index (χ2v) is 5.98. The molecular formula is C20H18F3NO4. The van der Waals surface area contributed by atoms with Crippen molar-refractivity contribution in [1.29, 1.82) is 0 Å². The van der Waals surface area contributed by atoms with Crippen molar-refractivity contribution in [2.45, 2.75) is 18.6 Å². The third kappa shape index (κ3) is 3.96. The molecule has 0 aliphatic rings. The molecule has 148 valence electrons. The van der Waals surface area contributed by atoms with Crippen LogP contribution in [0.5, 0.6) is 0 Å². The molecule has 0 saturated heterocycles. The number of ketones is 2. The zero-order valence-corrected chi connectivity index (χ0v) is 14.9. The standard InChI is InChI=1S/C20H18F3NO4/c1-2-28-18(27)19(24,20(21,22)23)15(16(25)13-9-5-3-6-10-13)17(26)14-11-7-4-8-12-14/h3-12,15H,2,24H2,1H3/t19-/m0/s1. The number of alkyl halides is 3. The van der Waals surface area contributed by atoms with Gasteiger partial charge in [-0.1, -0.05) is 60.7 Å². The number of benzene rings is 2. The quantitative estimate of drug-likeness (QED) is 0.444. The Kier molecular flexibility index (Phi) is 6.35. The second kappa shape index (κ2) is 8.35. The van der Waals surface area contributed by atoms with Crippen molar-refractivity contribution >= 4 is 17.5 Å². The first-order valence-corrected chi connectivity index (χ1v) is 8.36. The zero-order valence-electron chi connectivity index (χ0n) is 14.9. The van der Waals surface area contributed by atoms with E-state index in [1.165, 1.54) is 55.5 Å². The molecule has 0 fully saturated rings. The van der Waals surface area contributed by atoms with E-state index in [1.54, 1.807) is 12.1 Å². The maximum absolute atomic E-state index is 14.0. The second-order valence-electron chi connectivity index (χ2n) is 5.98. The minimum Gasteiger partial charge on any atom is -0.464 e. The van der Waals surface area contributed by atoms with E-state index in [4.69, 9.17) is 5.73 Å². The molecule has 1 atom stereocenters. The summed E-state index contributed by atoms with van der Waals surface area (Å²) in [5.74, 6) is -6.87. The van der Waals surface area contributed by atoms with Crippen LogP contribution in [0, 0.1) is 5.92 Å². The Labute approximate surface area is 159 Å². The first kappa shape index (κ1) is 21.3. The summed E-state index contributed by atoms with van der Waals surface area (Å²) >= 11 is 0. The van der Waals surface area contributed by atoms with E-state index in [0.717, 1.165) is 0 Å². The van der Waals surface area contributed by atoms with Gasteiger partial charge in [-0.3, -0.25) is 9.59 Å². The molecule has 0 spiro atoms. The molecule has 0 amide bonds. The summed E-state index contributed by atoms with van der Waals surface area (Å²) in [6.45, 7) is 0.890. The van der Waals surface area contributed by atoms with Gasteiger partial charge in [0.25, 0.3) is 0 Å². The number of ether oxygens (including phenoxy) is 1. The SMILES string of the molecule is CCOC(=O)[C@@](N)(C(C(=O)c1ccccc1)C(=O)c1ccccc1)C(F)(F)F. The maximum Gasteiger partial charge on any atom is 0.418 e. The lowest BCUT2D eigenvalue weighted by molar-refractivity contribution is -0.210. The summed E-state index contributed by atoms with van der Waals surface area (Å²) in [5, 5.41) is 0. The predicted molar refractivity (Wildman–Crippen MR) is 94.6 cm³/mol. The lowest BCUT2D eigenvalue weighted by atomic mass is 9.74. The fraction of sp³-hybridized carbons (Fsp3) is 0.250. The van der Waals surface area contributed by atoms with Gasteiger partial charge in [0.15, 0.2) is 11.6 Å². The Balaban J connectivity index is 2.69. The van der Waals surface area contributed by atoms with Gasteiger partial charge in [0, 0.05) is 11.1 Å². The first-order valence-electron chi connectivity index (χ1n) is 8.36. The lowest BCUT2D eigenvalue weighted by Crippen LogP contribution is -2.68. The minimum absolute atomic E-state index is 0.180. The van der Waals surface area contributed by atoms with Gasteiger partial charge in [-0.2, -0.15) is 13.2 Å². The van der Waals surface area contributed by atoms with Crippen LogP contribution in [-0.2, 0) is 9.53 Å². The minimum atomic E-state index is -5.42. The van der Waals surface area contributed by atoms with Crippen molar-refractivity contribution in [2.75, 3.05) is 6.61 Å². The summed E-state index contributed by atoms with van der Waals surface area (Å²) in [4.78, 5) is 38.2. The number of nitrogens with two attached hydrogens (primary N) is 1. The molecule has 2 rings (SSSR count). The van der Waals surface area contributed by atoms with Gasteiger partial charge in [-0.15, -0.1) is 0 Å². The highest BCUT2D eigenvalue weighted by atomic mass is 19.4. The predicted octanol–water partition coefficient (Wildman–Crippen LogP) is 3.19. The molecule has 0 aliphatic heterocycles. The van der Waals surface area contributed by atoms with Crippen LogP contribution in [0.15, 0.2) is 60.7 Å². The van der Waals surface area contributed by atoms with E-state index in [1.807, 2.05) is 0 Å². The van der Waals surface area contributed by atoms with Crippen LogP contribution in [-0.4, -0.2) is 35.9 Å². The number of rotatable bonds is 7. The van der Waals surface area contributed by atoms with E-state index in [2.05, 4.69) is 4.74 Å². The van der Waals surface area contributed by atoms with Crippen molar-refractivity contribution < 1.29 is 32.3 Å². The van der Waals surface area contributed by atoms with E-state index in [9.17, 15) is 27.6 Å². The molecule has 0 aromatic heterocycles. The van der Waals surface area contributed by atoms with E-state index < -0.39 is 41.8 Å². The first-order chi connectivity index (χ1) is 13.1. The van der Waals surface area contributed by atoms with Gasteiger partial charge in [-0.25, -0.2) is 4.79 Å².